The summed E-state index contributed by atoms with van der Waals surface area (Å²) >= 11 is 0. The van der Waals surface area contributed by atoms with Gasteiger partial charge in [-0.1, -0.05) is 53.7 Å². The fraction of sp³-hybridized carbons (Fsp3) is 0.389. The number of carbonyl (C=O) groups is 2. The third-order valence-corrected chi connectivity index (χ3v) is 10.2. The van der Waals surface area contributed by atoms with Crippen molar-refractivity contribution in [1.82, 2.24) is 35.1 Å². The third kappa shape index (κ3) is 5.80. The number of hydrogen-bond acceptors (Lipinski definition) is 8. The van der Waals surface area contributed by atoms with Crippen LogP contribution in [0.4, 0.5) is 13.6 Å². The van der Waals surface area contributed by atoms with Crippen LogP contribution >= 0.6 is 0 Å². The second kappa shape index (κ2) is 12.0. The van der Waals surface area contributed by atoms with Crippen LogP contribution in [0, 0.1) is 18.8 Å². The Bertz CT molecular complexity index is 2000. The summed E-state index contributed by atoms with van der Waals surface area (Å²) in [5, 5.41) is 15.0. The zero-order chi connectivity index (χ0) is 33.9. The van der Waals surface area contributed by atoms with E-state index in [1.54, 1.807) is 35.8 Å². The average molecular weight is 668 g/mol. The molecule has 0 aliphatic heterocycles. The number of imidazole rings is 1. The summed E-state index contributed by atoms with van der Waals surface area (Å²) in [6.07, 6.45) is 4.29. The van der Waals surface area contributed by atoms with Gasteiger partial charge in [0.15, 0.2) is 17.4 Å². The molecule has 2 amide bonds. The van der Waals surface area contributed by atoms with Gasteiger partial charge < -0.3 is 15.0 Å². The first-order chi connectivity index (χ1) is 23.7. The molecule has 0 unspecified atom stereocenters. The number of aryl methyl sites for hydroxylation is 1. The first kappa shape index (κ1) is 31.1. The van der Waals surface area contributed by atoms with Gasteiger partial charge in [0.2, 0.25) is 5.92 Å². The van der Waals surface area contributed by atoms with Crippen LogP contribution in [0.25, 0.3) is 16.8 Å². The zero-order valence-electron chi connectivity index (χ0n) is 27.1. The van der Waals surface area contributed by atoms with E-state index in [1.807, 2.05) is 54.6 Å². The molecule has 0 bridgehead atoms. The van der Waals surface area contributed by atoms with Gasteiger partial charge in [-0.15, -0.1) is 0 Å². The molecule has 8 rings (SSSR count). The molecule has 3 aromatic heterocycles. The van der Waals surface area contributed by atoms with Gasteiger partial charge in [0.25, 0.3) is 5.91 Å². The number of nitrogens with one attached hydrogen (secondary N) is 1. The van der Waals surface area contributed by atoms with Crippen LogP contribution in [0.15, 0.2) is 71.6 Å². The molecule has 11 nitrogen and oxygen atoms in total. The second-order valence-electron chi connectivity index (χ2n) is 13.4. The van der Waals surface area contributed by atoms with E-state index in [0.717, 1.165) is 40.7 Å². The maximum Gasteiger partial charge on any atom is 0.410 e. The minimum absolute atomic E-state index is 0.0297. The van der Waals surface area contributed by atoms with Gasteiger partial charge in [-0.05, 0) is 72.4 Å². The van der Waals surface area contributed by atoms with Crippen molar-refractivity contribution in [3.63, 3.8) is 0 Å². The molecule has 3 heterocycles. The fourth-order valence-corrected chi connectivity index (χ4v) is 7.46. The summed E-state index contributed by atoms with van der Waals surface area (Å²) in [5.74, 6) is -3.30. The number of halogens is 2. The Morgan fingerprint density at radius 3 is 2.31 bits per heavy atom. The van der Waals surface area contributed by atoms with E-state index in [4.69, 9.17) is 14.3 Å². The highest BCUT2D eigenvalue weighted by molar-refractivity contribution is 5.93. The highest BCUT2D eigenvalue weighted by Crippen LogP contribution is 2.48. The number of alkyl halides is 2. The molecule has 2 fully saturated rings. The molecule has 3 aliphatic rings. The summed E-state index contributed by atoms with van der Waals surface area (Å²) in [4.78, 5) is 33.5. The molecule has 0 saturated heterocycles. The van der Waals surface area contributed by atoms with Crippen LogP contribution in [0.5, 0.6) is 0 Å². The number of ether oxygens (including phenoxy) is 1. The number of fused-ring (bicyclic) bond motifs is 4. The van der Waals surface area contributed by atoms with E-state index in [2.05, 4.69) is 20.7 Å². The van der Waals surface area contributed by atoms with Crippen molar-refractivity contribution >= 4 is 17.6 Å². The Kier molecular flexibility index (Phi) is 7.64. The van der Waals surface area contributed by atoms with E-state index in [9.17, 15) is 18.4 Å². The highest BCUT2D eigenvalue weighted by atomic mass is 19.3. The predicted octanol–water partition coefficient (Wildman–Crippen LogP) is 7.01. The smallest absolute Gasteiger partial charge is 0.410 e. The lowest BCUT2D eigenvalue weighted by Gasteiger charge is -2.33. The molecule has 252 valence electrons. The molecule has 2 saturated carbocycles. The molecule has 2 atom stereocenters. The van der Waals surface area contributed by atoms with Crippen molar-refractivity contribution in [2.24, 2.45) is 11.8 Å². The van der Waals surface area contributed by atoms with Crippen molar-refractivity contribution < 1.29 is 27.7 Å². The highest BCUT2D eigenvalue weighted by Gasteiger charge is 2.41. The van der Waals surface area contributed by atoms with Gasteiger partial charge >= 0.3 is 6.09 Å². The molecule has 49 heavy (non-hydrogen) atoms. The normalized spacial score (nSPS) is 18.4. The lowest BCUT2D eigenvalue weighted by Crippen LogP contribution is -2.37. The first-order valence-electron chi connectivity index (χ1n) is 16.6. The van der Waals surface area contributed by atoms with Gasteiger partial charge in [-0.25, -0.2) is 27.7 Å². The average Bonchev–Trinajstić information content (AvgIpc) is 3.55. The minimum Gasteiger partial charge on any atom is -0.436 e. The Labute approximate surface area is 280 Å². The van der Waals surface area contributed by atoms with Crippen LogP contribution in [-0.4, -0.2) is 54.8 Å². The van der Waals surface area contributed by atoms with Gasteiger partial charge in [0, 0.05) is 31.0 Å². The van der Waals surface area contributed by atoms with E-state index < -0.39 is 30.1 Å². The Balaban J connectivity index is 1.06. The summed E-state index contributed by atoms with van der Waals surface area (Å²) in [6.45, 7) is 1.60. The van der Waals surface area contributed by atoms with Crippen LogP contribution in [0.2, 0.25) is 0 Å². The van der Waals surface area contributed by atoms with E-state index in [-0.39, 0.29) is 49.3 Å². The number of rotatable bonds is 8. The van der Waals surface area contributed by atoms with E-state index in [1.165, 1.54) is 0 Å². The van der Waals surface area contributed by atoms with Crippen molar-refractivity contribution in [2.45, 2.75) is 69.6 Å². The van der Waals surface area contributed by atoms with Gasteiger partial charge in [-0.2, -0.15) is 5.10 Å². The second-order valence-corrected chi connectivity index (χ2v) is 13.4. The molecule has 0 radical (unpaired) electrons. The monoisotopic (exact) mass is 667 g/mol. The van der Waals surface area contributed by atoms with Crippen molar-refractivity contribution in [3.8, 4) is 11.1 Å². The Hall–Kier alpha value is -5.20. The van der Waals surface area contributed by atoms with Crippen LogP contribution in [-0.2, 0) is 4.74 Å². The third-order valence-electron chi connectivity index (χ3n) is 10.2. The van der Waals surface area contributed by atoms with Gasteiger partial charge in [-0.3, -0.25) is 4.79 Å². The fourth-order valence-electron chi connectivity index (χ4n) is 7.46. The molecule has 2 aromatic carbocycles. The van der Waals surface area contributed by atoms with E-state index >= 15 is 0 Å². The van der Waals surface area contributed by atoms with Crippen molar-refractivity contribution in [3.05, 3.63) is 101 Å². The molecule has 13 heteroatoms. The van der Waals surface area contributed by atoms with Crippen LogP contribution in [0.3, 0.4) is 0 Å². The molecule has 5 aromatic rings. The molecule has 0 spiro atoms. The molecular weight excluding hydrogens is 632 g/mol. The molecular formula is C36H35F2N7O4. The quantitative estimate of drug-likeness (QED) is 0.187. The van der Waals surface area contributed by atoms with Crippen LogP contribution in [0.1, 0.15) is 95.3 Å². The Morgan fingerprint density at radius 2 is 1.67 bits per heavy atom. The lowest BCUT2D eigenvalue weighted by atomic mass is 9.81. The Morgan fingerprint density at radius 1 is 1.00 bits per heavy atom. The largest absolute Gasteiger partial charge is 0.436 e. The SMILES string of the molecule is Cc1nonc1C(=O)N[C@H](c1cn2ncc([C@@H](C3CC3)N(C)C(=O)OC3c4ccccc4-c4ccccc43)cc2n1)C1CCC(F)(F)CC1. The molecule has 1 N–H and O–H groups in total. The maximum atomic E-state index is 14.1. The lowest BCUT2D eigenvalue weighted by molar-refractivity contribution is -0.0495. The maximum absolute atomic E-state index is 14.1. The number of aromatic nitrogens is 5. The van der Waals surface area contributed by atoms with Crippen molar-refractivity contribution in [1.29, 1.82) is 0 Å². The number of carbonyl (C=O) groups excluding carboxylic acids is 2. The molecule has 3 aliphatic carbocycles. The van der Waals surface area contributed by atoms with Gasteiger partial charge in [0.1, 0.15) is 5.69 Å². The number of benzene rings is 2. The standard InChI is InChI=1S/C36H35F2N7O4/c1-20-30(43-49-42-20)34(46)41-31(21-13-15-36(37,38)16-14-21)28-19-45-29(40-28)17-23(18-39-45)32(22-11-12-22)44(2)35(47)48-33-26-9-5-3-7-24(26)25-8-4-6-10-27(25)33/h3-10,17-19,21-22,31-33H,11-16H2,1-2H3,(H,41,46)/t31-,32+/m0/s1. The minimum atomic E-state index is -2.73. The number of amides is 2. The topological polar surface area (TPSA) is 128 Å². The summed E-state index contributed by atoms with van der Waals surface area (Å²) < 4.78 is 40.8. The zero-order valence-corrected chi connectivity index (χ0v) is 27.1. The van der Waals surface area contributed by atoms with E-state index in [0.29, 0.717) is 17.0 Å². The van der Waals surface area contributed by atoms with Crippen LogP contribution < -0.4 is 5.32 Å². The summed E-state index contributed by atoms with van der Waals surface area (Å²) in [7, 11) is 1.75. The predicted molar refractivity (Wildman–Crippen MR) is 173 cm³/mol. The van der Waals surface area contributed by atoms with Gasteiger partial charge in [0.05, 0.1) is 30.2 Å². The summed E-state index contributed by atoms with van der Waals surface area (Å²) in [6, 6.07) is 16.9. The first-order valence-corrected chi connectivity index (χ1v) is 16.6. The number of nitrogens with zero attached hydrogens (tertiary/aromatic N) is 6. The number of hydrogen-bond donors (Lipinski definition) is 1. The van der Waals surface area contributed by atoms with Crippen molar-refractivity contribution in [2.75, 3.05) is 7.05 Å². The summed E-state index contributed by atoms with van der Waals surface area (Å²) in [5.41, 5.74) is 6.21.